The zero-order valence-electron chi connectivity index (χ0n) is 12.3. The van der Waals surface area contributed by atoms with Crippen LogP contribution in [0.3, 0.4) is 0 Å². The molecule has 2 N–H and O–H groups in total. The van der Waals surface area contributed by atoms with Gasteiger partial charge in [-0.25, -0.2) is 0 Å². The van der Waals surface area contributed by atoms with Gasteiger partial charge >= 0.3 is 5.97 Å². The van der Waals surface area contributed by atoms with E-state index in [4.69, 9.17) is 14.6 Å². The van der Waals surface area contributed by atoms with Crippen molar-refractivity contribution in [2.75, 3.05) is 20.8 Å². The number of ether oxygens (including phenoxy) is 2. The summed E-state index contributed by atoms with van der Waals surface area (Å²) in [5, 5.41) is 11.8. The standard InChI is InChI=1S/C14H25NO5/c1-19-13(20-2)10-15-11(16)8-14(9-12(17)18)6-4-3-5-7-14/h13H,3-10H2,1-2H3,(H,15,16)(H,17,18). The lowest BCUT2D eigenvalue weighted by atomic mass is 9.69. The van der Waals surface area contributed by atoms with Crippen LogP contribution in [0.5, 0.6) is 0 Å². The van der Waals surface area contributed by atoms with Gasteiger partial charge in [0.2, 0.25) is 5.91 Å². The number of carbonyl (C=O) groups excluding carboxylic acids is 1. The summed E-state index contributed by atoms with van der Waals surface area (Å²) in [5.41, 5.74) is -0.385. The van der Waals surface area contributed by atoms with Crippen molar-refractivity contribution in [3.05, 3.63) is 0 Å². The van der Waals surface area contributed by atoms with Crippen LogP contribution < -0.4 is 5.32 Å². The molecule has 0 aliphatic heterocycles. The van der Waals surface area contributed by atoms with Gasteiger partial charge in [-0.15, -0.1) is 0 Å². The highest BCUT2D eigenvalue weighted by Gasteiger charge is 2.36. The number of amides is 1. The fourth-order valence-electron chi connectivity index (χ4n) is 2.90. The van der Waals surface area contributed by atoms with Crippen LogP contribution >= 0.6 is 0 Å². The van der Waals surface area contributed by atoms with Crippen LogP contribution in [-0.4, -0.2) is 44.0 Å². The maximum absolute atomic E-state index is 12.0. The molecule has 1 amide bonds. The Hall–Kier alpha value is -1.14. The van der Waals surface area contributed by atoms with E-state index in [-0.39, 0.29) is 30.7 Å². The smallest absolute Gasteiger partial charge is 0.303 e. The molecule has 0 heterocycles. The monoisotopic (exact) mass is 287 g/mol. The molecule has 116 valence electrons. The van der Waals surface area contributed by atoms with Gasteiger partial charge in [0.1, 0.15) is 0 Å². The molecule has 1 aliphatic rings. The highest BCUT2D eigenvalue weighted by Crippen LogP contribution is 2.42. The Labute approximate surface area is 119 Å². The minimum atomic E-state index is -0.827. The van der Waals surface area contributed by atoms with E-state index in [1.54, 1.807) is 0 Å². The summed E-state index contributed by atoms with van der Waals surface area (Å²) in [4.78, 5) is 23.1. The maximum atomic E-state index is 12.0. The molecule has 0 unspecified atom stereocenters. The molecule has 0 aromatic heterocycles. The van der Waals surface area contributed by atoms with Crippen molar-refractivity contribution >= 4 is 11.9 Å². The molecular weight excluding hydrogens is 262 g/mol. The van der Waals surface area contributed by atoms with Gasteiger partial charge in [-0.05, 0) is 18.3 Å². The van der Waals surface area contributed by atoms with Crippen molar-refractivity contribution < 1.29 is 24.2 Å². The third kappa shape index (κ3) is 5.46. The first-order valence-electron chi connectivity index (χ1n) is 7.05. The Morgan fingerprint density at radius 2 is 1.75 bits per heavy atom. The molecule has 1 rings (SSSR count). The molecule has 0 spiro atoms. The van der Waals surface area contributed by atoms with Crippen molar-refractivity contribution in [2.45, 2.75) is 51.2 Å². The molecule has 0 aromatic carbocycles. The Kier molecular flexibility index (Phi) is 6.95. The molecule has 0 aromatic rings. The van der Waals surface area contributed by atoms with Crippen LogP contribution in [0.2, 0.25) is 0 Å². The third-order valence-electron chi connectivity index (χ3n) is 3.97. The van der Waals surface area contributed by atoms with Crippen LogP contribution in [-0.2, 0) is 19.1 Å². The normalized spacial score (nSPS) is 17.9. The highest BCUT2D eigenvalue weighted by atomic mass is 16.7. The number of carbonyl (C=O) groups is 2. The third-order valence-corrected chi connectivity index (χ3v) is 3.97. The van der Waals surface area contributed by atoms with Gasteiger partial charge in [0.15, 0.2) is 6.29 Å². The zero-order chi connectivity index (χ0) is 15.0. The number of carboxylic acids is 1. The molecule has 0 radical (unpaired) electrons. The van der Waals surface area contributed by atoms with E-state index >= 15 is 0 Å². The van der Waals surface area contributed by atoms with E-state index in [0.29, 0.717) is 0 Å². The summed E-state index contributed by atoms with van der Waals surface area (Å²) in [5.74, 6) is -0.960. The number of methoxy groups -OCH3 is 2. The number of carboxylic acid groups (broad SMARTS) is 1. The van der Waals surface area contributed by atoms with E-state index < -0.39 is 12.3 Å². The summed E-state index contributed by atoms with van der Waals surface area (Å²) in [6.07, 6.45) is 4.60. The molecule has 1 saturated carbocycles. The second kappa shape index (κ2) is 8.21. The van der Waals surface area contributed by atoms with Gasteiger partial charge in [-0.1, -0.05) is 19.3 Å². The van der Waals surface area contributed by atoms with Gasteiger partial charge in [0.05, 0.1) is 13.0 Å². The molecule has 0 bridgehead atoms. The topological polar surface area (TPSA) is 84.9 Å². The number of rotatable bonds is 8. The zero-order valence-corrected chi connectivity index (χ0v) is 12.3. The van der Waals surface area contributed by atoms with Crippen molar-refractivity contribution in [3.63, 3.8) is 0 Å². The van der Waals surface area contributed by atoms with Gasteiger partial charge in [0.25, 0.3) is 0 Å². The number of hydrogen-bond acceptors (Lipinski definition) is 4. The van der Waals surface area contributed by atoms with Crippen LogP contribution in [0.25, 0.3) is 0 Å². The lowest BCUT2D eigenvalue weighted by molar-refractivity contribution is -0.141. The summed E-state index contributed by atoms with van der Waals surface area (Å²) >= 11 is 0. The van der Waals surface area contributed by atoms with E-state index in [9.17, 15) is 9.59 Å². The fourth-order valence-corrected chi connectivity index (χ4v) is 2.90. The number of hydrogen-bond donors (Lipinski definition) is 2. The van der Waals surface area contributed by atoms with Gasteiger partial charge in [-0.2, -0.15) is 0 Å². The Balaban J connectivity index is 2.51. The predicted octanol–water partition coefficient (Wildman–Crippen LogP) is 1.54. The van der Waals surface area contributed by atoms with Crippen LogP contribution in [0, 0.1) is 5.41 Å². The molecule has 6 nitrogen and oxygen atoms in total. The van der Waals surface area contributed by atoms with Crippen LogP contribution in [0.15, 0.2) is 0 Å². The first kappa shape index (κ1) is 16.9. The number of nitrogens with one attached hydrogen (secondary N) is 1. The molecule has 6 heteroatoms. The van der Waals surface area contributed by atoms with Crippen molar-refractivity contribution in [1.82, 2.24) is 5.32 Å². The van der Waals surface area contributed by atoms with E-state index in [2.05, 4.69) is 5.32 Å². The van der Waals surface area contributed by atoms with E-state index in [0.717, 1.165) is 32.1 Å². The first-order chi connectivity index (χ1) is 9.51. The van der Waals surface area contributed by atoms with E-state index in [1.807, 2.05) is 0 Å². The van der Waals surface area contributed by atoms with Gasteiger partial charge in [-0.3, -0.25) is 9.59 Å². The maximum Gasteiger partial charge on any atom is 0.303 e. The molecule has 0 atom stereocenters. The quantitative estimate of drug-likeness (QED) is 0.661. The largest absolute Gasteiger partial charge is 0.481 e. The lowest BCUT2D eigenvalue weighted by Gasteiger charge is -2.35. The average Bonchev–Trinajstić information content (AvgIpc) is 2.39. The summed E-state index contributed by atoms with van der Waals surface area (Å²) < 4.78 is 10.00. The molecule has 20 heavy (non-hydrogen) atoms. The molecule has 1 aliphatic carbocycles. The second-order valence-corrected chi connectivity index (χ2v) is 5.51. The molecule has 1 fully saturated rings. The minimum Gasteiger partial charge on any atom is -0.481 e. The average molecular weight is 287 g/mol. The summed E-state index contributed by atoms with van der Waals surface area (Å²) in [6.45, 7) is 0.273. The van der Waals surface area contributed by atoms with Gasteiger partial charge in [0, 0.05) is 20.6 Å². The highest BCUT2D eigenvalue weighted by molar-refractivity contribution is 5.78. The van der Waals surface area contributed by atoms with Crippen molar-refractivity contribution in [2.24, 2.45) is 5.41 Å². The Morgan fingerprint density at radius 3 is 2.25 bits per heavy atom. The second-order valence-electron chi connectivity index (χ2n) is 5.51. The first-order valence-corrected chi connectivity index (χ1v) is 7.05. The lowest BCUT2D eigenvalue weighted by Crippen LogP contribution is -2.39. The summed E-state index contributed by atoms with van der Waals surface area (Å²) in [6, 6.07) is 0. The van der Waals surface area contributed by atoms with Crippen LogP contribution in [0.1, 0.15) is 44.9 Å². The minimum absolute atomic E-state index is 0.0679. The van der Waals surface area contributed by atoms with E-state index in [1.165, 1.54) is 14.2 Å². The van der Waals surface area contributed by atoms with Gasteiger partial charge < -0.3 is 19.9 Å². The Bertz CT molecular complexity index is 322. The number of aliphatic carboxylic acids is 1. The SMILES string of the molecule is COC(CNC(=O)CC1(CC(=O)O)CCCCC1)OC. The summed E-state index contributed by atoms with van der Waals surface area (Å²) in [7, 11) is 3.01. The predicted molar refractivity (Wildman–Crippen MR) is 73.2 cm³/mol. The van der Waals surface area contributed by atoms with Crippen molar-refractivity contribution in [1.29, 1.82) is 0 Å². The fraction of sp³-hybridized carbons (Fsp3) is 0.857. The molecular formula is C14H25NO5. The van der Waals surface area contributed by atoms with Crippen molar-refractivity contribution in [3.8, 4) is 0 Å². The Morgan fingerprint density at radius 1 is 1.15 bits per heavy atom. The molecule has 0 saturated heterocycles. The van der Waals surface area contributed by atoms with Crippen LogP contribution in [0.4, 0.5) is 0 Å².